The number of nitrogens with zero attached hydrogens (tertiary/aromatic N) is 1. The molecule has 0 atom stereocenters. The zero-order valence-corrected chi connectivity index (χ0v) is 14.9. The Labute approximate surface area is 153 Å². The van der Waals surface area contributed by atoms with E-state index in [2.05, 4.69) is 46.1 Å². The van der Waals surface area contributed by atoms with Crippen LogP contribution in [0.2, 0.25) is 0 Å². The third-order valence-electron chi connectivity index (χ3n) is 5.08. The number of urea groups is 1. The lowest BCUT2D eigenvalue weighted by Crippen LogP contribution is -2.48. The number of likely N-dealkylation sites (tertiary alicyclic amines) is 1. The van der Waals surface area contributed by atoms with Gasteiger partial charge in [0, 0.05) is 19.6 Å². The Morgan fingerprint density at radius 2 is 1.88 bits per heavy atom. The number of nitrogens with two attached hydrogens (primary N) is 1. The summed E-state index contributed by atoms with van der Waals surface area (Å²) in [6.07, 6.45) is 2.36. The van der Waals surface area contributed by atoms with Crippen molar-refractivity contribution in [2.45, 2.75) is 24.9 Å². The highest BCUT2D eigenvalue weighted by atomic mass is 16.3. The lowest BCUT2D eigenvalue weighted by molar-refractivity contribution is -0.0258. The van der Waals surface area contributed by atoms with Crippen LogP contribution >= 0.6 is 0 Å². The second-order valence-electron chi connectivity index (χ2n) is 6.81. The molecular formula is C19H27N5O2. The fourth-order valence-corrected chi connectivity index (χ4v) is 3.48. The van der Waals surface area contributed by atoms with Gasteiger partial charge in [0.1, 0.15) is 0 Å². The first-order valence-corrected chi connectivity index (χ1v) is 9.04. The molecule has 2 aromatic carbocycles. The van der Waals surface area contributed by atoms with Gasteiger partial charge in [0.05, 0.1) is 5.60 Å². The van der Waals surface area contributed by atoms with Gasteiger partial charge in [-0.1, -0.05) is 36.4 Å². The van der Waals surface area contributed by atoms with E-state index in [1.54, 1.807) is 0 Å². The van der Waals surface area contributed by atoms with Crippen molar-refractivity contribution in [3.8, 4) is 0 Å². The van der Waals surface area contributed by atoms with E-state index < -0.39 is 11.6 Å². The van der Waals surface area contributed by atoms with E-state index in [4.69, 9.17) is 5.84 Å². The van der Waals surface area contributed by atoms with Crippen molar-refractivity contribution in [2.24, 2.45) is 5.84 Å². The topological polar surface area (TPSA) is 103 Å². The minimum Gasteiger partial charge on any atom is -0.385 e. The average molecular weight is 357 g/mol. The second kappa shape index (κ2) is 8.46. The molecule has 2 amide bonds. The van der Waals surface area contributed by atoms with E-state index in [9.17, 15) is 9.90 Å². The number of hydrazine groups is 2. The zero-order chi connectivity index (χ0) is 18.4. The van der Waals surface area contributed by atoms with Gasteiger partial charge in [-0.05, 0) is 48.2 Å². The summed E-state index contributed by atoms with van der Waals surface area (Å²) in [6, 6.07) is 14.0. The lowest BCUT2D eigenvalue weighted by Gasteiger charge is -2.38. The Bertz CT molecular complexity index is 744. The molecule has 1 fully saturated rings. The number of carbonyl (C=O) groups excluding carboxylic acids is 1. The van der Waals surface area contributed by atoms with Gasteiger partial charge in [0.25, 0.3) is 0 Å². The molecule has 0 aromatic heterocycles. The van der Waals surface area contributed by atoms with Gasteiger partial charge < -0.3 is 10.0 Å². The lowest BCUT2D eigenvalue weighted by atomic mass is 9.83. The van der Waals surface area contributed by atoms with Gasteiger partial charge in [-0.3, -0.25) is 10.9 Å². The normalized spacial score (nSPS) is 17.2. The number of hydrogen-bond donors (Lipinski definition) is 5. The number of rotatable bonds is 6. The Morgan fingerprint density at radius 1 is 1.15 bits per heavy atom. The Kier molecular flexibility index (Phi) is 6.05. The van der Waals surface area contributed by atoms with E-state index in [0.717, 1.165) is 44.5 Å². The fraction of sp³-hybridized carbons (Fsp3) is 0.421. The van der Waals surface area contributed by atoms with Crippen LogP contribution in [0, 0.1) is 0 Å². The molecule has 7 nitrogen and oxygen atoms in total. The molecule has 1 aliphatic rings. The zero-order valence-electron chi connectivity index (χ0n) is 14.9. The molecule has 6 N–H and O–H groups in total. The summed E-state index contributed by atoms with van der Waals surface area (Å²) in [7, 11) is 0. The third-order valence-corrected chi connectivity index (χ3v) is 5.08. The van der Waals surface area contributed by atoms with Crippen molar-refractivity contribution in [3.05, 3.63) is 48.0 Å². The Balaban J connectivity index is 1.48. The first-order chi connectivity index (χ1) is 12.6. The quantitative estimate of drug-likeness (QED) is 0.231. The minimum atomic E-state index is -0.750. The first-order valence-electron chi connectivity index (χ1n) is 9.04. The number of piperidine rings is 1. The molecule has 26 heavy (non-hydrogen) atoms. The molecule has 7 heteroatoms. The predicted octanol–water partition coefficient (Wildman–Crippen LogP) is 1.19. The smallest absolute Gasteiger partial charge is 0.343 e. The Hall–Kier alpha value is -2.19. The van der Waals surface area contributed by atoms with E-state index in [-0.39, 0.29) is 0 Å². The number of aliphatic hydroxyl groups is 1. The molecule has 0 saturated carbocycles. The summed E-state index contributed by atoms with van der Waals surface area (Å²) >= 11 is 0. The highest BCUT2D eigenvalue weighted by molar-refractivity contribution is 5.83. The van der Waals surface area contributed by atoms with Gasteiger partial charge >= 0.3 is 6.03 Å². The predicted molar refractivity (Wildman–Crippen MR) is 102 cm³/mol. The summed E-state index contributed by atoms with van der Waals surface area (Å²) in [5.74, 6) is 4.97. The van der Waals surface area contributed by atoms with Gasteiger partial charge in [-0.2, -0.15) is 0 Å². The van der Waals surface area contributed by atoms with Crippen molar-refractivity contribution in [2.75, 3.05) is 26.2 Å². The number of carbonyl (C=O) groups is 1. The van der Waals surface area contributed by atoms with Gasteiger partial charge in [-0.15, -0.1) is 0 Å². The van der Waals surface area contributed by atoms with E-state index in [0.29, 0.717) is 6.54 Å². The van der Waals surface area contributed by atoms with Crippen molar-refractivity contribution >= 4 is 16.8 Å². The highest BCUT2D eigenvalue weighted by Gasteiger charge is 2.33. The van der Waals surface area contributed by atoms with Crippen LogP contribution in [-0.4, -0.2) is 42.2 Å². The maximum Gasteiger partial charge on any atom is 0.343 e. The van der Waals surface area contributed by atoms with Crippen molar-refractivity contribution in [3.63, 3.8) is 0 Å². The maximum atomic E-state index is 11.1. The summed E-state index contributed by atoms with van der Waals surface area (Å²) in [5.41, 5.74) is 7.50. The van der Waals surface area contributed by atoms with Gasteiger partial charge in [0.2, 0.25) is 0 Å². The molecular weight excluding hydrogens is 330 g/mol. The van der Waals surface area contributed by atoms with E-state index >= 15 is 0 Å². The van der Waals surface area contributed by atoms with Crippen LogP contribution in [0.5, 0.6) is 0 Å². The first kappa shape index (κ1) is 18.6. The molecule has 0 aliphatic carbocycles. The fourth-order valence-electron chi connectivity index (χ4n) is 3.48. The number of amides is 2. The monoisotopic (exact) mass is 357 g/mol. The number of fused-ring (bicyclic) bond motifs is 1. The minimum absolute atomic E-state index is 0.455. The van der Waals surface area contributed by atoms with Crippen LogP contribution in [0.3, 0.4) is 0 Å². The summed E-state index contributed by atoms with van der Waals surface area (Å²) in [4.78, 5) is 13.3. The molecule has 0 bridgehead atoms. The van der Waals surface area contributed by atoms with E-state index in [1.165, 1.54) is 10.8 Å². The molecule has 1 heterocycles. The second-order valence-corrected chi connectivity index (χ2v) is 6.81. The molecule has 3 rings (SSSR count). The number of hydrogen-bond acceptors (Lipinski definition) is 5. The highest BCUT2D eigenvalue weighted by Crippen LogP contribution is 2.34. The van der Waals surface area contributed by atoms with Crippen LogP contribution in [0.1, 0.15) is 24.8 Å². The van der Waals surface area contributed by atoms with Crippen LogP contribution in [-0.2, 0) is 5.60 Å². The number of benzene rings is 2. The van der Waals surface area contributed by atoms with Crippen molar-refractivity contribution in [1.29, 1.82) is 0 Å². The molecule has 0 unspecified atom stereocenters. The standard InChI is InChI=1S/C19H27N5O2/c20-22-18(25)23-21-10-3-11-24-12-8-19(26,9-13-24)17-7-6-15-4-1-2-5-16(15)14-17/h1-2,4-7,14,21,26H,3,8-13,20H2,(H2,22,23,25). The third kappa shape index (κ3) is 4.50. The largest absolute Gasteiger partial charge is 0.385 e. The molecule has 1 aliphatic heterocycles. The summed E-state index contributed by atoms with van der Waals surface area (Å²) < 4.78 is 0. The SMILES string of the molecule is NNC(=O)NNCCCN1CCC(O)(c2ccc3ccccc3c2)CC1. The molecule has 1 saturated heterocycles. The summed E-state index contributed by atoms with van der Waals surface area (Å²) in [6.45, 7) is 3.31. The Morgan fingerprint density at radius 3 is 2.62 bits per heavy atom. The molecule has 140 valence electrons. The average Bonchev–Trinajstić information content (AvgIpc) is 2.68. The maximum absolute atomic E-state index is 11.1. The van der Waals surface area contributed by atoms with Gasteiger partial charge in [-0.25, -0.2) is 16.1 Å². The van der Waals surface area contributed by atoms with Crippen molar-refractivity contribution in [1.82, 2.24) is 21.2 Å². The summed E-state index contributed by atoms with van der Waals surface area (Å²) in [5, 5.41) is 13.5. The van der Waals surface area contributed by atoms with Crippen LogP contribution in [0.15, 0.2) is 42.5 Å². The van der Waals surface area contributed by atoms with Crippen LogP contribution in [0.25, 0.3) is 10.8 Å². The van der Waals surface area contributed by atoms with Crippen LogP contribution in [0.4, 0.5) is 4.79 Å². The van der Waals surface area contributed by atoms with Crippen molar-refractivity contribution < 1.29 is 9.90 Å². The molecule has 0 radical (unpaired) electrons. The van der Waals surface area contributed by atoms with Crippen LogP contribution < -0.4 is 22.1 Å². The van der Waals surface area contributed by atoms with E-state index in [1.807, 2.05) is 17.6 Å². The molecule has 0 spiro atoms. The molecule has 2 aromatic rings. The number of nitrogens with one attached hydrogen (secondary N) is 3. The van der Waals surface area contributed by atoms with Gasteiger partial charge in [0.15, 0.2) is 0 Å².